The van der Waals surface area contributed by atoms with E-state index in [0.717, 1.165) is 18.4 Å². The van der Waals surface area contributed by atoms with Crippen LogP contribution in [0.5, 0.6) is 0 Å². The minimum atomic E-state index is 0.653. The van der Waals surface area contributed by atoms with E-state index in [2.05, 4.69) is 59.4 Å². The molecule has 3 atom stereocenters. The van der Waals surface area contributed by atoms with Gasteiger partial charge in [-0.25, -0.2) is 0 Å². The zero-order valence-electron chi connectivity index (χ0n) is 12.6. The van der Waals surface area contributed by atoms with Gasteiger partial charge in [-0.2, -0.15) is 0 Å². The summed E-state index contributed by atoms with van der Waals surface area (Å²) in [5.41, 5.74) is 0. The predicted molar refractivity (Wildman–Crippen MR) is 93.5 cm³/mol. The molecule has 1 aromatic rings. The average molecular weight is 356 g/mol. The highest BCUT2D eigenvalue weighted by Gasteiger charge is 2.26. The van der Waals surface area contributed by atoms with Crippen molar-refractivity contribution in [3.63, 3.8) is 0 Å². The summed E-state index contributed by atoms with van der Waals surface area (Å²) in [4.78, 5) is 1.36. The Morgan fingerprint density at radius 1 is 1.35 bits per heavy atom. The van der Waals surface area contributed by atoms with E-state index in [4.69, 9.17) is 0 Å². The molecule has 20 heavy (non-hydrogen) atoms. The van der Waals surface area contributed by atoms with Gasteiger partial charge in [0.25, 0.3) is 0 Å². The lowest BCUT2D eigenvalue weighted by Gasteiger charge is -2.33. The molecule has 112 valence electrons. The van der Waals surface area contributed by atoms with Gasteiger partial charge in [-0.05, 0) is 59.3 Å². The molecule has 1 fully saturated rings. The van der Waals surface area contributed by atoms with Crippen LogP contribution < -0.4 is 5.32 Å². The van der Waals surface area contributed by atoms with Gasteiger partial charge in [0.15, 0.2) is 0 Å². The first kappa shape index (κ1) is 16.4. The molecule has 1 aromatic carbocycles. The van der Waals surface area contributed by atoms with E-state index in [0.29, 0.717) is 6.04 Å². The van der Waals surface area contributed by atoms with Gasteiger partial charge >= 0.3 is 0 Å². The van der Waals surface area contributed by atoms with Crippen molar-refractivity contribution in [2.75, 3.05) is 12.3 Å². The van der Waals surface area contributed by atoms with E-state index >= 15 is 0 Å². The highest BCUT2D eigenvalue weighted by molar-refractivity contribution is 9.10. The number of thioether (sulfide) groups is 1. The second kappa shape index (κ2) is 8.45. The Morgan fingerprint density at radius 2 is 2.15 bits per heavy atom. The van der Waals surface area contributed by atoms with Crippen LogP contribution in [-0.4, -0.2) is 18.3 Å². The molecule has 0 aromatic heterocycles. The SMILES string of the molecule is CCNC(CSc1ccccc1Br)C1CCCC(C)C1. The van der Waals surface area contributed by atoms with Crippen molar-refractivity contribution in [2.24, 2.45) is 11.8 Å². The van der Waals surface area contributed by atoms with E-state index in [1.54, 1.807) is 0 Å². The summed E-state index contributed by atoms with van der Waals surface area (Å²) in [7, 11) is 0. The summed E-state index contributed by atoms with van der Waals surface area (Å²) in [5.74, 6) is 2.94. The maximum absolute atomic E-state index is 3.73. The van der Waals surface area contributed by atoms with Crippen molar-refractivity contribution in [1.82, 2.24) is 5.32 Å². The number of halogens is 1. The molecule has 0 aliphatic heterocycles. The summed E-state index contributed by atoms with van der Waals surface area (Å²) in [6, 6.07) is 9.20. The van der Waals surface area contributed by atoms with Gasteiger partial charge in [-0.3, -0.25) is 0 Å². The Morgan fingerprint density at radius 3 is 2.85 bits per heavy atom. The Balaban J connectivity index is 1.93. The van der Waals surface area contributed by atoms with E-state index in [9.17, 15) is 0 Å². The molecule has 0 amide bonds. The van der Waals surface area contributed by atoms with E-state index in [-0.39, 0.29) is 0 Å². The molecule has 0 saturated heterocycles. The second-order valence-electron chi connectivity index (χ2n) is 5.94. The van der Waals surface area contributed by atoms with Crippen molar-refractivity contribution < 1.29 is 0 Å². The van der Waals surface area contributed by atoms with Gasteiger partial charge in [-0.1, -0.05) is 38.8 Å². The Bertz CT molecular complexity index is 410. The molecule has 1 saturated carbocycles. The summed E-state index contributed by atoms with van der Waals surface area (Å²) in [6.45, 7) is 5.71. The maximum Gasteiger partial charge on any atom is 0.0311 e. The van der Waals surface area contributed by atoms with Crippen LogP contribution in [0.15, 0.2) is 33.6 Å². The smallest absolute Gasteiger partial charge is 0.0311 e. The Hall–Kier alpha value is 0.01000. The van der Waals surface area contributed by atoms with Crippen molar-refractivity contribution in [2.45, 2.75) is 50.5 Å². The highest BCUT2D eigenvalue weighted by atomic mass is 79.9. The fourth-order valence-electron chi connectivity index (χ4n) is 3.21. The zero-order chi connectivity index (χ0) is 14.4. The lowest BCUT2D eigenvalue weighted by molar-refractivity contribution is 0.235. The van der Waals surface area contributed by atoms with Crippen LogP contribution >= 0.6 is 27.7 Å². The minimum Gasteiger partial charge on any atom is -0.313 e. The molecular formula is C17H26BrNS. The standard InChI is InChI=1S/C17H26BrNS/c1-3-19-16(14-8-6-7-13(2)11-14)12-20-17-10-5-4-9-15(17)18/h4-5,9-10,13-14,16,19H,3,6-8,11-12H2,1-2H3. The zero-order valence-corrected chi connectivity index (χ0v) is 15.0. The number of hydrogen-bond donors (Lipinski definition) is 1. The normalized spacial score (nSPS) is 24.6. The Kier molecular flexibility index (Phi) is 6.92. The molecule has 0 radical (unpaired) electrons. The van der Waals surface area contributed by atoms with Gasteiger partial charge < -0.3 is 5.32 Å². The Labute approximate surface area is 136 Å². The molecule has 3 unspecified atom stereocenters. The van der Waals surface area contributed by atoms with Gasteiger partial charge in [0, 0.05) is 21.2 Å². The van der Waals surface area contributed by atoms with Crippen LogP contribution in [0.1, 0.15) is 39.5 Å². The predicted octanol–water partition coefficient (Wildman–Crippen LogP) is 5.35. The fraction of sp³-hybridized carbons (Fsp3) is 0.647. The third-order valence-corrected chi connectivity index (χ3v) is 6.41. The molecule has 0 spiro atoms. The number of rotatable bonds is 6. The monoisotopic (exact) mass is 355 g/mol. The third kappa shape index (κ3) is 4.78. The van der Waals surface area contributed by atoms with Crippen molar-refractivity contribution in [1.29, 1.82) is 0 Å². The first-order valence-electron chi connectivity index (χ1n) is 7.81. The number of benzene rings is 1. The molecule has 1 aliphatic rings. The lowest BCUT2D eigenvalue weighted by Crippen LogP contribution is -2.40. The molecule has 1 nitrogen and oxygen atoms in total. The van der Waals surface area contributed by atoms with Crippen molar-refractivity contribution >= 4 is 27.7 Å². The quantitative estimate of drug-likeness (QED) is 0.690. The fourth-order valence-corrected chi connectivity index (χ4v) is 4.97. The first-order valence-corrected chi connectivity index (χ1v) is 9.59. The highest BCUT2D eigenvalue weighted by Crippen LogP contribution is 2.34. The van der Waals surface area contributed by atoms with E-state index < -0.39 is 0 Å². The van der Waals surface area contributed by atoms with Crippen LogP contribution in [0, 0.1) is 11.8 Å². The van der Waals surface area contributed by atoms with Crippen molar-refractivity contribution in [3.05, 3.63) is 28.7 Å². The van der Waals surface area contributed by atoms with Crippen LogP contribution in [0.2, 0.25) is 0 Å². The molecule has 1 aliphatic carbocycles. The summed E-state index contributed by atoms with van der Waals surface area (Å²) in [6.07, 6.45) is 5.63. The van der Waals surface area contributed by atoms with Gasteiger partial charge in [0.05, 0.1) is 0 Å². The lowest BCUT2D eigenvalue weighted by atomic mass is 9.79. The average Bonchev–Trinajstić information content (AvgIpc) is 2.45. The van der Waals surface area contributed by atoms with Gasteiger partial charge in [0.1, 0.15) is 0 Å². The third-order valence-electron chi connectivity index (χ3n) is 4.27. The minimum absolute atomic E-state index is 0.653. The first-order chi connectivity index (χ1) is 9.70. The second-order valence-corrected chi connectivity index (χ2v) is 7.85. The summed E-state index contributed by atoms with van der Waals surface area (Å²) >= 11 is 5.63. The molecule has 0 heterocycles. The van der Waals surface area contributed by atoms with Crippen LogP contribution in [0.25, 0.3) is 0 Å². The number of hydrogen-bond acceptors (Lipinski definition) is 2. The van der Waals surface area contributed by atoms with Gasteiger partial charge in [0.2, 0.25) is 0 Å². The van der Waals surface area contributed by atoms with Crippen LogP contribution in [-0.2, 0) is 0 Å². The molecule has 1 N–H and O–H groups in total. The molecule has 2 rings (SSSR count). The molecule has 3 heteroatoms. The topological polar surface area (TPSA) is 12.0 Å². The summed E-state index contributed by atoms with van der Waals surface area (Å²) in [5, 5.41) is 3.73. The van der Waals surface area contributed by atoms with Gasteiger partial charge in [-0.15, -0.1) is 11.8 Å². The largest absolute Gasteiger partial charge is 0.313 e. The van der Waals surface area contributed by atoms with Crippen molar-refractivity contribution in [3.8, 4) is 0 Å². The van der Waals surface area contributed by atoms with E-state index in [1.165, 1.54) is 40.8 Å². The van der Waals surface area contributed by atoms with Crippen LogP contribution in [0.3, 0.4) is 0 Å². The summed E-state index contributed by atoms with van der Waals surface area (Å²) < 4.78 is 1.22. The van der Waals surface area contributed by atoms with Crippen LogP contribution in [0.4, 0.5) is 0 Å². The number of nitrogens with one attached hydrogen (secondary N) is 1. The molecular weight excluding hydrogens is 330 g/mol. The maximum atomic E-state index is 3.73. The van der Waals surface area contributed by atoms with E-state index in [1.807, 2.05) is 11.8 Å². The molecule has 0 bridgehead atoms.